The second kappa shape index (κ2) is 7.49. The molecule has 0 aliphatic heterocycles. The fraction of sp³-hybridized carbons (Fsp3) is 0.667. The number of carbonyl (C=O) groups excluding carboxylic acids is 1. The summed E-state index contributed by atoms with van der Waals surface area (Å²) < 4.78 is 4.31. The van der Waals surface area contributed by atoms with Gasteiger partial charge in [-0.05, 0) is 12.0 Å². The Morgan fingerprint density at radius 2 is 1.86 bits per heavy atom. The van der Waals surface area contributed by atoms with Crippen LogP contribution in [0.5, 0.6) is 0 Å². The number of hydrogen-bond donors (Lipinski definition) is 3. The van der Waals surface area contributed by atoms with Gasteiger partial charge in [-0.25, -0.2) is 4.79 Å². The third-order valence-corrected chi connectivity index (χ3v) is 1.77. The van der Waals surface area contributed by atoms with Crippen molar-refractivity contribution in [1.82, 2.24) is 0 Å². The Labute approximate surface area is 82.6 Å². The highest BCUT2D eigenvalue weighted by Gasteiger charge is 2.14. The lowest BCUT2D eigenvalue weighted by Gasteiger charge is -2.09. The van der Waals surface area contributed by atoms with Crippen LogP contribution >= 0.6 is 0 Å². The van der Waals surface area contributed by atoms with E-state index in [9.17, 15) is 4.79 Å². The molecular formula is C9H16O5. The summed E-state index contributed by atoms with van der Waals surface area (Å²) in [5.74, 6) is -0.785. The third-order valence-electron chi connectivity index (χ3n) is 1.77. The minimum absolute atomic E-state index is 0.0309. The molecule has 0 radical (unpaired) electrons. The van der Waals surface area contributed by atoms with E-state index in [4.69, 9.17) is 15.3 Å². The average Bonchev–Trinajstić information content (AvgIpc) is 2.18. The van der Waals surface area contributed by atoms with E-state index >= 15 is 0 Å². The van der Waals surface area contributed by atoms with E-state index in [-0.39, 0.29) is 12.2 Å². The van der Waals surface area contributed by atoms with Gasteiger partial charge >= 0.3 is 5.97 Å². The Morgan fingerprint density at radius 1 is 1.21 bits per heavy atom. The largest absolute Gasteiger partial charge is 0.435 e. The van der Waals surface area contributed by atoms with Gasteiger partial charge in [0.1, 0.15) is 0 Å². The number of ether oxygens (including phenoxy) is 1. The predicted molar refractivity (Wildman–Crippen MR) is 49.3 cm³/mol. The van der Waals surface area contributed by atoms with Crippen LogP contribution in [0.1, 0.15) is 19.8 Å². The number of aliphatic hydroxyl groups excluding tert-OH is 3. The lowest BCUT2D eigenvalue weighted by Crippen LogP contribution is -2.15. The molecule has 82 valence electrons. The van der Waals surface area contributed by atoms with Gasteiger partial charge in [-0.3, -0.25) is 0 Å². The quantitative estimate of drug-likeness (QED) is 0.310. The van der Waals surface area contributed by atoms with Crippen molar-refractivity contribution >= 4 is 5.97 Å². The van der Waals surface area contributed by atoms with Gasteiger partial charge in [0.05, 0.1) is 18.8 Å². The molecule has 0 heterocycles. The molecule has 0 unspecified atom stereocenters. The highest BCUT2D eigenvalue weighted by Crippen LogP contribution is 2.11. The zero-order valence-electron chi connectivity index (χ0n) is 8.19. The maximum absolute atomic E-state index is 11.1. The molecule has 0 fully saturated rings. The molecule has 0 aromatic heterocycles. The maximum Gasteiger partial charge on any atom is 0.338 e. The van der Waals surface area contributed by atoms with Gasteiger partial charge in [-0.2, -0.15) is 0 Å². The molecule has 5 nitrogen and oxygen atoms in total. The number of esters is 1. The lowest BCUT2D eigenvalue weighted by molar-refractivity contribution is -0.147. The zero-order valence-corrected chi connectivity index (χ0v) is 8.19. The van der Waals surface area contributed by atoms with E-state index in [2.05, 4.69) is 4.74 Å². The summed E-state index contributed by atoms with van der Waals surface area (Å²) >= 11 is 0. The third kappa shape index (κ3) is 3.87. The van der Waals surface area contributed by atoms with Crippen molar-refractivity contribution in [3.05, 3.63) is 11.1 Å². The Kier molecular flexibility index (Phi) is 7.00. The topological polar surface area (TPSA) is 87.0 Å². The molecule has 0 aromatic rings. The summed E-state index contributed by atoms with van der Waals surface area (Å²) in [5.41, 5.74) is 0.483. The van der Waals surface area contributed by atoms with E-state index in [1.807, 2.05) is 6.92 Å². The van der Waals surface area contributed by atoms with Gasteiger partial charge in [0.15, 0.2) is 6.79 Å². The Bertz CT molecular complexity index is 209. The molecular weight excluding hydrogens is 188 g/mol. The molecule has 0 bridgehead atoms. The van der Waals surface area contributed by atoms with Crippen molar-refractivity contribution in [1.29, 1.82) is 0 Å². The molecule has 0 aliphatic rings. The second-order valence-corrected chi connectivity index (χ2v) is 2.71. The number of rotatable bonds is 6. The van der Waals surface area contributed by atoms with Crippen LogP contribution in [0.4, 0.5) is 0 Å². The fourth-order valence-electron chi connectivity index (χ4n) is 1.09. The van der Waals surface area contributed by atoms with Crippen molar-refractivity contribution in [2.75, 3.05) is 20.0 Å². The van der Waals surface area contributed by atoms with Gasteiger partial charge in [0, 0.05) is 0 Å². The molecule has 0 spiro atoms. The van der Waals surface area contributed by atoms with E-state index in [0.29, 0.717) is 12.0 Å². The standard InChI is InChI=1S/C9H16O5/c1-2-3-7(4-10)8(5-11)9(13)14-6-12/h10-12H,2-6H2,1H3. The van der Waals surface area contributed by atoms with Gasteiger partial charge in [-0.15, -0.1) is 0 Å². The zero-order chi connectivity index (χ0) is 11.0. The molecule has 0 atom stereocenters. The average molecular weight is 204 g/mol. The molecule has 0 aliphatic carbocycles. The first-order valence-corrected chi connectivity index (χ1v) is 4.41. The number of carbonyl (C=O) groups is 1. The maximum atomic E-state index is 11.1. The summed E-state index contributed by atoms with van der Waals surface area (Å²) in [4.78, 5) is 11.1. The van der Waals surface area contributed by atoms with Gasteiger partial charge < -0.3 is 20.1 Å². The fourth-order valence-corrected chi connectivity index (χ4v) is 1.09. The van der Waals surface area contributed by atoms with Crippen LogP contribution in [-0.2, 0) is 9.53 Å². The van der Waals surface area contributed by atoms with Crippen LogP contribution in [0, 0.1) is 0 Å². The lowest BCUT2D eigenvalue weighted by atomic mass is 10.1. The van der Waals surface area contributed by atoms with Crippen LogP contribution in [-0.4, -0.2) is 41.3 Å². The minimum Gasteiger partial charge on any atom is -0.435 e. The number of aliphatic hydroxyl groups is 3. The molecule has 0 rings (SSSR count). The molecule has 0 amide bonds. The monoisotopic (exact) mass is 204 g/mol. The van der Waals surface area contributed by atoms with E-state index in [1.54, 1.807) is 0 Å². The van der Waals surface area contributed by atoms with Crippen molar-refractivity contribution in [3.8, 4) is 0 Å². The van der Waals surface area contributed by atoms with Gasteiger partial charge in [-0.1, -0.05) is 13.3 Å². The Hall–Kier alpha value is -0.910. The summed E-state index contributed by atoms with van der Waals surface area (Å²) in [6.07, 6.45) is 1.28. The first-order valence-electron chi connectivity index (χ1n) is 4.41. The SMILES string of the molecule is CCCC(CO)=C(CO)C(=O)OCO. The Morgan fingerprint density at radius 3 is 2.21 bits per heavy atom. The highest BCUT2D eigenvalue weighted by molar-refractivity contribution is 5.89. The normalized spacial score (nSPS) is 12.3. The van der Waals surface area contributed by atoms with E-state index < -0.39 is 19.4 Å². The van der Waals surface area contributed by atoms with Gasteiger partial charge in [0.2, 0.25) is 0 Å². The van der Waals surface area contributed by atoms with Crippen LogP contribution in [0.3, 0.4) is 0 Å². The van der Waals surface area contributed by atoms with Crippen molar-refractivity contribution in [2.24, 2.45) is 0 Å². The minimum atomic E-state index is -0.785. The molecule has 14 heavy (non-hydrogen) atoms. The second-order valence-electron chi connectivity index (χ2n) is 2.71. The highest BCUT2D eigenvalue weighted by atomic mass is 16.6. The summed E-state index contributed by atoms with van der Waals surface area (Å²) in [6, 6.07) is 0. The van der Waals surface area contributed by atoms with Gasteiger partial charge in [0.25, 0.3) is 0 Å². The summed E-state index contributed by atoms with van der Waals surface area (Å²) in [6.45, 7) is 0.383. The van der Waals surface area contributed by atoms with Crippen LogP contribution in [0.2, 0.25) is 0 Å². The van der Waals surface area contributed by atoms with Crippen molar-refractivity contribution in [2.45, 2.75) is 19.8 Å². The van der Waals surface area contributed by atoms with E-state index in [1.165, 1.54) is 0 Å². The Balaban J connectivity index is 4.68. The number of hydrogen-bond acceptors (Lipinski definition) is 5. The first kappa shape index (κ1) is 13.1. The summed E-state index contributed by atoms with van der Waals surface area (Å²) in [5, 5.41) is 26.2. The van der Waals surface area contributed by atoms with Crippen LogP contribution in [0.15, 0.2) is 11.1 Å². The molecule has 5 heteroatoms. The van der Waals surface area contributed by atoms with E-state index in [0.717, 1.165) is 6.42 Å². The molecule has 0 aromatic carbocycles. The van der Waals surface area contributed by atoms with Crippen LogP contribution in [0.25, 0.3) is 0 Å². The first-order chi connectivity index (χ1) is 6.71. The molecule has 0 saturated heterocycles. The smallest absolute Gasteiger partial charge is 0.338 e. The molecule has 3 N–H and O–H groups in total. The van der Waals surface area contributed by atoms with Crippen molar-refractivity contribution < 1.29 is 24.9 Å². The van der Waals surface area contributed by atoms with Crippen LogP contribution < -0.4 is 0 Å². The van der Waals surface area contributed by atoms with Crippen molar-refractivity contribution in [3.63, 3.8) is 0 Å². The molecule has 0 saturated carbocycles. The summed E-state index contributed by atoms with van der Waals surface area (Å²) in [7, 11) is 0. The predicted octanol–water partition coefficient (Wildman–Crippen LogP) is -0.439.